The zero-order valence-electron chi connectivity index (χ0n) is 16.6. The topological polar surface area (TPSA) is 101 Å². The van der Waals surface area contributed by atoms with Crippen molar-refractivity contribution in [3.05, 3.63) is 30.6 Å². The highest BCUT2D eigenvalue weighted by molar-refractivity contribution is 5.91. The third-order valence-corrected chi connectivity index (χ3v) is 4.88. The van der Waals surface area contributed by atoms with Gasteiger partial charge in [0, 0.05) is 32.7 Å². The second-order valence-electron chi connectivity index (χ2n) is 6.61. The van der Waals surface area contributed by atoms with Crippen LogP contribution in [-0.4, -0.2) is 68.7 Å². The molecule has 10 nitrogen and oxygen atoms in total. The molecule has 1 N–H and O–H groups in total. The molecule has 0 bridgehead atoms. The number of rotatable bonds is 5. The van der Waals surface area contributed by atoms with E-state index in [2.05, 4.69) is 30.5 Å². The maximum atomic E-state index is 12.7. The van der Waals surface area contributed by atoms with E-state index in [0.717, 1.165) is 11.5 Å². The quantitative estimate of drug-likeness (QED) is 0.704. The second-order valence-corrected chi connectivity index (χ2v) is 6.61. The molecule has 0 atom stereocenters. The number of aryl methyl sites for hydroxylation is 1. The average molecular weight is 396 g/mol. The van der Waals surface area contributed by atoms with Crippen molar-refractivity contribution < 1.29 is 9.53 Å². The standard InChI is InChI=1S/C19H24N8O2/c1-3-27-18-16(23-24-27)17(20-13-21-18)25-9-11-26(12-10-25)19(28)22-14-7-5-6-8-15(14)29-4-2/h5-8,13H,3-4,9-12H2,1-2H3,(H,22,28). The van der Waals surface area contributed by atoms with E-state index in [1.165, 1.54) is 6.33 Å². The van der Waals surface area contributed by atoms with Crippen LogP contribution in [0.4, 0.5) is 16.3 Å². The van der Waals surface area contributed by atoms with E-state index in [-0.39, 0.29) is 6.03 Å². The lowest BCUT2D eigenvalue weighted by molar-refractivity contribution is 0.208. The lowest BCUT2D eigenvalue weighted by Gasteiger charge is -2.35. The van der Waals surface area contributed by atoms with Crippen molar-refractivity contribution in [3.63, 3.8) is 0 Å². The van der Waals surface area contributed by atoms with E-state index < -0.39 is 0 Å². The summed E-state index contributed by atoms with van der Waals surface area (Å²) in [7, 11) is 0. The fourth-order valence-corrected chi connectivity index (χ4v) is 3.39. The van der Waals surface area contributed by atoms with Gasteiger partial charge in [-0.3, -0.25) is 0 Å². The normalized spacial score (nSPS) is 14.3. The molecule has 1 aliphatic heterocycles. The number of benzene rings is 1. The smallest absolute Gasteiger partial charge is 0.322 e. The maximum absolute atomic E-state index is 12.7. The van der Waals surface area contributed by atoms with E-state index in [9.17, 15) is 4.79 Å². The fourth-order valence-electron chi connectivity index (χ4n) is 3.39. The number of fused-ring (bicyclic) bond motifs is 1. The molecule has 3 aromatic rings. The lowest BCUT2D eigenvalue weighted by Crippen LogP contribution is -2.50. The Balaban J connectivity index is 1.42. The van der Waals surface area contributed by atoms with Gasteiger partial charge in [0.05, 0.1) is 12.3 Å². The van der Waals surface area contributed by atoms with Gasteiger partial charge in [0.2, 0.25) is 0 Å². The lowest BCUT2D eigenvalue weighted by atomic mass is 10.3. The SMILES string of the molecule is CCOc1ccccc1NC(=O)N1CCN(c2ncnc3c2nnn3CC)CC1. The molecule has 4 rings (SSSR count). The molecule has 1 fully saturated rings. The van der Waals surface area contributed by atoms with Gasteiger partial charge in [-0.2, -0.15) is 0 Å². The highest BCUT2D eigenvalue weighted by Crippen LogP contribution is 2.25. The summed E-state index contributed by atoms with van der Waals surface area (Å²) in [5.74, 6) is 1.43. The summed E-state index contributed by atoms with van der Waals surface area (Å²) in [5, 5.41) is 11.3. The largest absolute Gasteiger partial charge is 0.492 e. The van der Waals surface area contributed by atoms with E-state index in [1.807, 2.05) is 38.1 Å². The summed E-state index contributed by atoms with van der Waals surface area (Å²) in [6, 6.07) is 7.31. The van der Waals surface area contributed by atoms with Gasteiger partial charge >= 0.3 is 6.03 Å². The molecule has 2 amide bonds. The molecule has 3 heterocycles. The van der Waals surface area contributed by atoms with Crippen molar-refractivity contribution in [2.24, 2.45) is 0 Å². The number of anilines is 2. The van der Waals surface area contributed by atoms with Gasteiger partial charge < -0.3 is 19.9 Å². The van der Waals surface area contributed by atoms with Crippen molar-refractivity contribution in [3.8, 4) is 5.75 Å². The molecule has 0 saturated carbocycles. The van der Waals surface area contributed by atoms with Crippen molar-refractivity contribution >= 4 is 28.7 Å². The number of ether oxygens (including phenoxy) is 1. The molecule has 10 heteroatoms. The molecule has 1 aliphatic rings. The number of nitrogens with one attached hydrogen (secondary N) is 1. The number of aromatic nitrogens is 5. The number of hydrogen-bond donors (Lipinski definition) is 1. The summed E-state index contributed by atoms with van der Waals surface area (Å²) in [6.45, 7) is 7.63. The third kappa shape index (κ3) is 3.78. The summed E-state index contributed by atoms with van der Waals surface area (Å²) in [4.78, 5) is 25.3. The van der Waals surface area contributed by atoms with Gasteiger partial charge in [0.1, 0.15) is 12.1 Å². The van der Waals surface area contributed by atoms with Crippen LogP contribution < -0.4 is 15.0 Å². The molecule has 152 valence electrons. The van der Waals surface area contributed by atoms with Crippen molar-refractivity contribution in [2.45, 2.75) is 20.4 Å². The van der Waals surface area contributed by atoms with E-state index in [0.29, 0.717) is 56.3 Å². The number of para-hydroxylation sites is 2. The number of amides is 2. The molecule has 0 radical (unpaired) electrons. The number of hydrogen-bond acceptors (Lipinski definition) is 7. The molecule has 2 aromatic heterocycles. The van der Waals surface area contributed by atoms with Gasteiger partial charge in [-0.1, -0.05) is 17.3 Å². The number of piperazine rings is 1. The first-order chi connectivity index (χ1) is 14.2. The average Bonchev–Trinajstić information content (AvgIpc) is 3.19. The van der Waals surface area contributed by atoms with Crippen LogP contribution in [0, 0.1) is 0 Å². The number of urea groups is 1. The summed E-state index contributed by atoms with van der Waals surface area (Å²) >= 11 is 0. The predicted octanol–water partition coefficient (Wildman–Crippen LogP) is 1.99. The van der Waals surface area contributed by atoms with E-state index in [1.54, 1.807) is 9.58 Å². The first-order valence-corrected chi connectivity index (χ1v) is 9.78. The maximum Gasteiger partial charge on any atom is 0.322 e. The van der Waals surface area contributed by atoms with Gasteiger partial charge in [0.25, 0.3) is 0 Å². The highest BCUT2D eigenvalue weighted by atomic mass is 16.5. The van der Waals surface area contributed by atoms with Crippen molar-refractivity contribution in [1.82, 2.24) is 29.9 Å². The van der Waals surface area contributed by atoms with Crippen LogP contribution in [0.15, 0.2) is 30.6 Å². The Hall–Kier alpha value is -3.43. The minimum atomic E-state index is -0.137. The summed E-state index contributed by atoms with van der Waals surface area (Å²) in [6.07, 6.45) is 1.54. The van der Waals surface area contributed by atoms with Crippen LogP contribution in [-0.2, 0) is 6.54 Å². The van der Waals surface area contributed by atoms with Gasteiger partial charge in [-0.15, -0.1) is 5.10 Å². The molecule has 0 aliphatic carbocycles. The molecule has 1 saturated heterocycles. The van der Waals surface area contributed by atoms with Crippen molar-refractivity contribution in [2.75, 3.05) is 43.0 Å². The predicted molar refractivity (Wildman–Crippen MR) is 109 cm³/mol. The number of nitrogens with zero attached hydrogens (tertiary/aromatic N) is 7. The Morgan fingerprint density at radius 2 is 1.93 bits per heavy atom. The third-order valence-electron chi connectivity index (χ3n) is 4.88. The summed E-state index contributed by atoms with van der Waals surface area (Å²) < 4.78 is 7.33. The van der Waals surface area contributed by atoms with E-state index >= 15 is 0 Å². The molecule has 29 heavy (non-hydrogen) atoms. The van der Waals surface area contributed by atoms with Crippen LogP contribution in [0.2, 0.25) is 0 Å². The van der Waals surface area contributed by atoms with Gasteiger partial charge in [-0.25, -0.2) is 19.4 Å². The molecular weight excluding hydrogens is 372 g/mol. The Morgan fingerprint density at radius 1 is 1.14 bits per heavy atom. The minimum absolute atomic E-state index is 0.137. The van der Waals surface area contributed by atoms with Crippen molar-refractivity contribution in [1.29, 1.82) is 0 Å². The van der Waals surface area contributed by atoms with Crippen LogP contribution in [0.25, 0.3) is 11.2 Å². The first-order valence-electron chi connectivity index (χ1n) is 9.78. The zero-order chi connectivity index (χ0) is 20.2. The Bertz CT molecular complexity index is 997. The van der Waals surface area contributed by atoms with Crippen LogP contribution in [0.5, 0.6) is 5.75 Å². The molecule has 1 aromatic carbocycles. The van der Waals surface area contributed by atoms with Crippen LogP contribution >= 0.6 is 0 Å². The zero-order valence-corrected chi connectivity index (χ0v) is 16.6. The van der Waals surface area contributed by atoms with E-state index in [4.69, 9.17) is 4.74 Å². The first kappa shape index (κ1) is 18.9. The minimum Gasteiger partial charge on any atom is -0.492 e. The fraction of sp³-hybridized carbons (Fsp3) is 0.421. The molecule has 0 unspecified atom stereocenters. The van der Waals surface area contributed by atoms with Crippen LogP contribution in [0.1, 0.15) is 13.8 Å². The number of carbonyl (C=O) groups excluding carboxylic acids is 1. The summed E-state index contributed by atoms with van der Waals surface area (Å²) in [5.41, 5.74) is 2.10. The number of carbonyl (C=O) groups is 1. The Kier molecular flexibility index (Phi) is 5.41. The molecular formula is C19H24N8O2. The van der Waals surface area contributed by atoms with Crippen LogP contribution in [0.3, 0.4) is 0 Å². The van der Waals surface area contributed by atoms with Gasteiger partial charge in [-0.05, 0) is 26.0 Å². The second kappa shape index (κ2) is 8.29. The monoisotopic (exact) mass is 396 g/mol. The van der Waals surface area contributed by atoms with Gasteiger partial charge in [0.15, 0.2) is 17.0 Å². The molecule has 0 spiro atoms. The highest BCUT2D eigenvalue weighted by Gasteiger charge is 2.25. The Labute approximate surface area is 168 Å². The Morgan fingerprint density at radius 3 is 2.69 bits per heavy atom.